The van der Waals surface area contributed by atoms with Crippen molar-refractivity contribution in [3.63, 3.8) is 0 Å². The molecule has 3 amide bonds. The van der Waals surface area contributed by atoms with Gasteiger partial charge >= 0.3 is 6.03 Å². The van der Waals surface area contributed by atoms with Gasteiger partial charge in [-0.15, -0.1) is 0 Å². The number of aromatic nitrogens is 2. The molecule has 188 valence electrons. The first-order valence-electron chi connectivity index (χ1n) is 11.1. The molecule has 3 heterocycles. The number of nitrogens with one attached hydrogen (secondary N) is 2. The third-order valence-corrected chi connectivity index (χ3v) is 8.74. The first kappa shape index (κ1) is 25.5. The number of carbonyl (C=O) groups excluding carboxylic acids is 2. The van der Waals surface area contributed by atoms with Gasteiger partial charge in [0.05, 0.1) is 17.8 Å². The van der Waals surface area contributed by atoms with Gasteiger partial charge in [-0.2, -0.15) is 11.3 Å². The van der Waals surface area contributed by atoms with Crippen LogP contribution in [0.5, 0.6) is 0 Å². The van der Waals surface area contributed by atoms with Crippen molar-refractivity contribution in [2.24, 2.45) is 0 Å². The first-order valence-corrected chi connectivity index (χ1v) is 15.8. The molecular formula is C26H21FIN5O2S2. The molecule has 2 N–H and O–H groups in total. The van der Waals surface area contributed by atoms with Gasteiger partial charge in [-0.25, -0.2) is 24.1 Å². The lowest BCUT2D eigenvalue weighted by Gasteiger charge is -2.31. The van der Waals surface area contributed by atoms with Crippen LogP contribution in [-0.2, 0) is 6.54 Å². The van der Waals surface area contributed by atoms with Gasteiger partial charge in [0.15, 0.2) is 11.0 Å². The molecule has 0 spiro atoms. The number of urea groups is 1. The van der Waals surface area contributed by atoms with E-state index in [0.717, 1.165) is 11.1 Å². The molecule has 0 saturated carbocycles. The van der Waals surface area contributed by atoms with E-state index >= 15 is 4.39 Å². The molecule has 4 aromatic rings. The van der Waals surface area contributed by atoms with E-state index in [0.29, 0.717) is 37.1 Å². The number of nitrogens with zero attached hydrogens (tertiary/aromatic N) is 3. The quantitative estimate of drug-likeness (QED) is 0.141. The third kappa shape index (κ3) is 4.90. The lowest BCUT2D eigenvalue weighted by atomic mass is 9.99. The average Bonchev–Trinajstić information content (AvgIpc) is 3.45. The molecule has 0 aliphatic carbocycles. The minimum absolute atomic E-state index is 0.175. The average molecular weight is 646 g/mol. The molecule has 0 radical (unpaired) electrons. The van der Waals surface area contributed by atoms with E-state index in [-0.39, 0.29) is 18.1 Å². The highest BCUT2D eigenvalue weighted by Gasteiger charge is 2.33. The van der Waals surface area contributed by atoms with Gasteiger partial charge < -0.3 is 10.6 Å². The monoisotopic (exact) mass is 645 g/mol. The number of amides is 3. The van der Waals surface area contributed by atoms with Gasteiger partial charge in [0, 0.05) is 25.8 Å². The number of hydrogen-bond donors (Lipinski definition) is 2. The SMILES string of the molecule is C=Ic1cccc(F)c1N1C(=O)NCc2c(-c3cc(NC(=O)c4ccsc4)ccc3C)nc(SC)nc21. The zero-order valence-electron chi connectivity index (χ0n) is 19.8. The zero-order valence-corrected chi connectivity index (χ0v) is 23.6. The number of thiophene rings is 1. The standard InChI is InChI=1S/C26H21FIN5O2S2/c1-14-7-8-16(30-24(34)15-9-10-37-13-15)11-17(14)21-18-12-29-26(35)33(23(18)32-25(31-21)36-3)22-19(27)5-4-6-20(22)28-2/h4-11,13H,2,12H2,1,3H3,(H,29,35)(H,30,34). The number of halogens is 2. The first-order chi connectivity index (χ1) is 17.9. The molecule has 0 bridgehead atoms. The number of thioether (sulfide) groups is 1. The number of aryl methyl sites for hydroxylation is 1. The minimum Gasteiger partial charge on any atom is -0.333 e. The molecule has 1 aliphatic rings. The van der Waals surface area contributed by atoms with Crippen LogP contribution in [0, 0.1) is 16.3 Å². The molecule has 11 heteroatoms. The van der Waals surface area contributed by atoms with Crippen LogP contribution in [0.15, 0.2) is 58.4 Å². The number of fused-ring (bicyclic) bond motifs is 1. The van der Waals surface area contributed by atoms with Crippen molar-refractivity contribution >= 4 is 77.5 Å². The molecule has 0 fully saturated rings. The Labute approximate surface area is 231 Å². The molecule has 5 rings (SSSR count). The van der Waals surface area contributed by atoms with E-state index in [1.54, 1.807) is 23.6 Å². The largest absolute Gasteiger partial charge is 0.333 e. The zero-order chi connectivity index (χ0) is 26.1. The van der Waals surface area contributed by atoms with Crippen molar-refractivity contribution < 1.29 is 14.0 Å². The van der Waals surface area contributed by atoms with Gasteiger partial charge in [0.2, 0.25) is 0 Å². The maximum absolute atomic E-state index is 15.1. The van der Waals surface area contributed by atoms with Crippen LogP contribution in [0.4, 0.5) is 26.4 Å². The van der Waals surface area contributed by atoms with Crippen LogP contribution in [0.25, 0.3) is 11.3 Å². The highest BCUT2D eigenvalue weighted by atomic mass is 127. The lowest BCUT2D eigenvalue weighted by molar-refractivity contribution is 0.102. The highest BCUT2D eigenvalue weighted by molar-refractivity contribution is 14.2. The van der Waals surface area contributed by atoms with Crippen LogP contribution in [0.1, 0.15) is 21.5 Å². The van der Waals surface area contributed by atoms with E-state index in [9.17, 15) is 9.59 Å². The summed E-state index contributed by atoms with van der Waals surface area (Å²) in [6.07, 6.45) is 1.85. The van der Waals surface area contributed by atoms with E-state index in [2.05, 4.69) is 20.1 Å². The molecule has 37 heavy (non-hydrogen) atoms. The van der Waals surface area contributed by atoms with Crippen molar-refractivity contribution in [1.82, 2.24) is 15.3 Å². The fourth-order valence-corrected chi connectivity index (χ4v) is 6.34. The molecule has 2 aromatic heterocycles. The van der Waals surface area contributed by atoms with E-state index < -0.39 is 32.6 Å². The predicted octanol–water partition coefficient (Wildman–Crippen LogP) is 6.56. The number of hydrogen-bond acceptors (Lipinski definition) is 6. The summed E-state index contributed by atoms with van der Waals surface area (Å²) in [4.78, 5) is 36.5. The molecule has 1 aliphatic heterocycles. The number of anilines is 3. The summed E-state index contributed by atoms with van der Waals surface area (Å²) in [5, 5.41) is 9.88. The van der Waals surface area contributed by atoms with Crippen molar-refractivity contribution in [2.75, 3.05) is 16.5 Å². The molecule has 0 saturated heterocycles. The summed E-state index contributed by atoms with van der Waals surface area (Å²) in [5.41, 5.74) is 4.37. The molecular weight excluding hydrogens is 624 g/mol. The second-order valence-electron chi connectivity index (χ2n) is 8.05. The van der Waals surface area contributed by atoms with Crippen molar-refractivity contribution in [2.45, 2.75) is 18.6 Å². The maximum atomic E-state index is 15.1. The molecule has 0 unspecified atom stereocenters. The Morgan fingerprint density at radius 2 is 2.11 bits per heavy atom. The molecule has 2 aromatic carbocycles. The summed E-state index contributed by atoms with van der Waals surface area (Å²) in [6, 6.07) is 11.7. The Balaban J connectivity index is 1.66. The van der Waals surface area contributed by atoms with Crippen LogP contribution < -0.4 is 15.5 Å². The third-order valence-electron chi connectivity index (χ3n) is 5.82. The predicted molar refractivity (Wildman–Crippen MR) is 157 cm³/mol. The summed E-state index contributed by atoms with van der Waals surface area (Å²) >= 11 is 2.02. The van der Waals surface area contributed by atoms with Crippen LogP contribution in [-0.4, -0.2) is 32.7 Å². The minimum atomic E-state index is -0.764. The summed E-state index contributed by atoms with van der Waals surface area (Å²) in [7, 11) is 0. The maximum Gasteiger partial charge on any atom is 0.328 e. The highest BCUT2D eigenvalue weighted by Crippen LogP contribution is 2.40. The molecule has 0 atom stereocenters. The summed E-state index contributed by atoms with van der Waals surface area (Å²) in [5.74, 6) is -0.370. The van der Waals surface area contributed by atoms with E-state index in [1.807, 2.05) is 36.8 Å². The Kier molecular flexibility index (Phi) is 7.36. The Bertz CT molecular complexity index is 1540. The Morgan fingerprint density at radius 3 is 2.84 bits per heavy atom. The normalized spacial score (nSPS) is 12.7. The second-order valence-corrected chi connectivity index (χ2v) is 11.5. The molecule has 7 nitrogen and oxygen atoms in total. The van der Waals surface area contributed by atoms with E-state index in [1.165, 1.54) is 34.1 Å². The van der Waals surface area contributed by atoms with Crippen LogP contribution in [0.2, 0.25) is 0 Å². The second kappa shape index (κ2) is 10.7. The van der Waals surface area contributed by atoms with Crippen molar-refractivity contribution in [1.29, 1.82) is 0 Å². The fourth-order valence-electron chi connectivity index (χ4n) is 4.02. The number of rotatable bonds is 6. The van der Waals surface area contributed by atoms with Gasteiger partial charge in [-0.05, 0) is 54.5 Å². The number of para-hydroxylation sites is 1. The Hall–Kier alpha value is -3.16. The smallest absolute Gasteiger partial charge is 0.328 e. The van der Waals surface area contributed by atoms with E-state index in [4.69, 9.17) is 4.98 Å². The van der Waals surface area contributed by atoms with Crippen molar-refractivity contribution in [3.8, 4) is 11.3 Å². The topological polar surface area (TPSA) is 87.2 Å². The summed E-state index contributed by atoms with van der Waals surface area (Å²) < 4.78 is 19.8. The van der Waals surface area contributed by atoms with Crippen LogP contribution >= 0.6 is 43.8 Å². The van der Waals surface area contributed by atoms with Gasteiger partial charge in [-0.3, -0.25) is 4.79 Å². The van der Waals surface area contributed by atoms with Crippen molar-refractivity contribution in [3.05, 3.63) is 79.3 Å². The fraction of sp³-hybridized carbons (Fsp3) is 0.115. The lowest BCUT2D eigenvalue weighted by Crippen LogP contribution is -2.43. The number of benzene rings is 2. The summed E-state index contributed by atoms with van der Waals surface area (Å²) in [6.45, 7) is 2.14. The van der Waals surface area contributed by atoms with Gasteiger partial charge in [-0.1, -0.05) is 49.1 Å². The Morgan fingerprint density at radius 1 is 1.27 bits per heavy atom. The van der Waals surface area contributed by atoms with Gasteiger partial charge in [0.1, 0.15) is 11.5 Å². The van der Waals surface area contributed by atoms with Gasteiger partial charge in [0.25, 0.3) is 5.91 Å². The number of carbonyl (C=O) groups is 2. The van der Waals surface area contributed by atoms with Crippen LogP contribution in [0.3, 0.4) is 0 Å².